The number of nitrogens with zero attached hydrogens (tertiary/aromatic N) is 2. The molecular weight excluding hydrogens is 304 g/mol. The number of amides is 1. The van der Waals surface area contributed by atoms with Gasteiger partial charge in [0.05, 0.1) is 12.0 Å². The van der Waals surface area contributed by atoms with Crippen LogP contribution in [0.2, 0.25) is 0 Å². The van der Waals surface area contributed by atoms with Crippen LogP contribution in [0.15, 0.2) is 30.3 Å². The SMILES string of the molecule is CCN(C(=O)C(C)N1CCC(C(=O)O)C1)c1ccccc1.Cl. The Balaban J connectivity index is 0.00000242. The van der Waals surface area contributed by atoms with Crippen molar-refractivity contribution in [3.63, 3.8) is 0 Å². The zero-order chi connectivity index (χ0) is 15.4. The van der Waals surface area contributed by atoms with Crippen LogP contribution in [0, 0.1) is 5.92 Å². The Morgan fingerprint density at radius 3 is 2.50 bits per heavy atom. The predicted octanol–water partition coefficient (Wildman–Crippen LogP) is 2.26. The Morgan fingerprint density at radius 2 is 2.00 bits per heavy atom. The number of para-hydroxylation sites is 1. The summed E-state index contributed by atoms with van der Waals surface area (Å²) in [5, 5.41) is 9.06. The zero-order valence-electron chi connectivity index (χ0n) is 12.9. The molecule has 1 aliphatic rings. The highest BCUT2D eigenvalue weighted by Crippen LogP contribution is 2.21. The fourth-order valence-corrected chi connectivity index (χ4v) is 2.80. The van der Waals surface area contributed by atoms with Crippen LogP contribution in [0.5, 0.6) is 0 Å². The van der Waals surface area contributed by atoms with Crippen molar-refractivity contribution < 1.29 is 14.7 Å². The molecule has 1 amide bonds. The fourth-order valence-electron chi connectivity index (χ4n) is 2.80. The van der Waals surface area contributed by atoms with Gasteiger partial charge in [-0.1, -0.05) is 18.2 Å². The summed E-state index contributed by atoms with van der Waals surface area (Å²) >= 11 is 0. The van der Waals surface area contributed by atoms with E-state index in [-0.39, 0.29) is 30.3 Å². The van der Waals surface area contributed by atoms with Gasteiger partial charge in [0.1, 0.15) is 0 Å². The van der Waals surface area contributed by atoms with Crippen molar-refractivity contribution in [2.24, 2.45) is 5.92 Å². The Hall–Kier alpha value is -1.59. The number of carbonyl (C=O) groups excluding carboxylic acids is 1. The summed E-state index contributed by atoms with van der Waals surface area (Å²) in [6.45, 7) is 5.52. The smallest absolute Gasteiger partial charge is 0.307 e. The Kier molecular flexibility index (Phi) is 6.84. The maximum absolute atomic E-state index is 12.7. The molecule has 5 nitrogen and oxygen atoms in total. The molecule has 1 N–H and O–H groups in total. The highest BCUT2D eigenvalue weighted by Gasteiger charge is 2.34. The van der Waals surface area contributed by atoms with Crippen molar-refractivity contribution in [3.05, 3.63) is 30.3 Å². The minimum absolute atomic E-state index is 0. The Bertz CT molecular complexity index is 509. The van der Waals surface area contributed by atoms with Crippen LogP contribution in [0.4, 0.5) is 5.69 Å². The molecule has 0 radical (unpaired) electrons. The van der Waals surface area contributed by atoms with Gasteiger partial charge in [0, 0.05) is 18.8 Å². The number of likely N-dealkylation sites (N-methyl/N-ethyl adjacent to an activating group) is 1. The summed E-state index contributed by atoms with van der Waals surface area (Å²) in [5.74, 6) is -1.10. The number of benzene rings is 1. The van der Waals surface area contributed by atoms with Gasteiger partial charge < -0.3 is 10.0 Å². The number of rotatable bonds is 5. The van der Waals surface area contributed by atoms with E-state index in [0.717, 1.165) is 5.69 Å². The zero-order valence-corrected chi connectivity index (χ0v) is 13.8. The summed E-state index contributed by atoms with van der Waals surface area (Å²) in [6, 6.07) is 9.27. The van der Waals surface area contributed by atoms with E-state index in [4.69, 9.17) is 5.11 Å². The molecule has 2 unspecified atom stereocenters. The normalized spacial score (nSPS) is 19.3. The van der Waals surface area contributed by atoms with Crippen molar-refractivity contribution in [3.8, 4) is 0 Å². The second-order valence-electron chi connectivity index (χ2n) is 5.41. The van der Waals surface area contributed by atoms with E-state index in [1.165, 1.54) is 0 Å². The minimum atomic E-state index is -0.771. The van der Waals surface area contributed by atoms with Crippen LogP contribution in [-0.2, 0) is 9.59 Å². The monoisotopic (exact) mass is 326 g/mol. The van der Waals surface area contributed by atoms with Crippen LogP contribution < -0.4 is 4.90 Å². The number of aliphatic carboxylic acids is 1. The summed E-state index contributed by atoms with van der Waals surface area (Å²) in [6.07, 6.45) is 0.615. The molecule has 0 bridgehead atoms. The van der Waals surface area contributed by atoms with Crippen LogP contribution in [0.1, 0.15) is 20.3 Å². The quantitative estimate of drug-likeness (QED) is 0.901. The lowest BCUT2D eigenvalue weighted by Gasteiger charge is -2.29. The number of carboxylic acid groups (broad SMARTS) is 1. The van der Waals surface area contributed by atoms with Crippen LogP contribution in [-0.4, -0.2) is 47.6 Å². The van der Waals surface area contributed by atoms with Gasteiger partial charge >= 0.3 is 5.97 Å². The first-order valence-corrected chi connectivity index (χ1v) is 7.37. The molecule has 0 saturated carbocycles. The van der Waals surface area contributed by atoms with E-state index in [1.807, 2.05) is 49.1 Å². The van der Waals surface area contributed by atoms with Gasteiger partial charge in [0.15, 0.2) is 0 Å². The van der Waals surface area contributed by atoms with Gasteiger partial charge in [-0.2, -0.15) is 0 Å². The summed E-state index contributed by atoms with van der Waals surface area (Å²) in [5.41, 5.74) is 0.880. The molecule has 1 aliphatic heterocycles. The molecule has 1 fully saturated rings. The molecule has 0 spiro atoms. The lowest BCUT2D eigenvalue weighted by atomic mass is 10.1. The van der Waals surface area contributed by atoms with Crippen LogP contribution in [0.3, 0.4) is 0 Å². The molecular formula is C16H23ClN2O3. The van der Waals surface area contributed by atoms with E-state index in [9.17, 15) is 9.59 Å². The molecule has 2 atom stereocenters. The average Bonchev–Trinajstić information content (AvgIpc) is 2.98. The van der Waals surface area contributed by atoms with E-state index in [1.54, 1.807) is 4.90 Å². The van der Waals surface area contributed by atoms with E-state index < -0.39 is 5.97 Å². The third kappa shape index (κ3) is 3.99. The van der Waals surface area contributed by atoms with Gasteiger partial charge in [-0.05, 0) is 38.9 Å². The molecule has 22 heavy (non-hydrogen) atoms. The van der Waals surface area contributed by atoms with E-state index >= 15 is 0 Å². The topological polar surface area (TPSA) is 60.9 Å². The number of hydrogen-bond acceptors (Lipinski definition) is 3. The predicted molar refractivity (Wildman–Crippen MR) is 88.5 cm³/mol. The van der Waals surface area contributed by atoms with Crippen molar-refractivity contribution in [2.45, 2.75) is 26.3 Å². The Labute approximate surface area is 137 Å². The van der Waals surface area contributed by atoms with Crippen molar-refractivity contribution >= 4 is 30.0 Å². The van der Waals surface area contributed by atoms with Gasteiger partial charge in [-0.15, -0.1) is 12.4 Å². The molecule has 0 aromatic heterocycles. The fraction of sp³-hybridized carbons (Fsp3) is 0.500. The lowest BCUT2D eigenvalue weighted by molar-refractivity contribution is -0.141. The number of hydrogen-bond donors (Lipinski definition) is 1. The van der Waals surface area contributed by atoms with Crippen molar-refractivity contribution in [1.29, 1.82) is 0 Å². The first-order chi connectivity index (χ1) is 10.0. The average molecular weight is 327 g/mol. The van der Waals surface area contributed by atoms with Gasteiger partial charge in [-0.25, -0.2) is 0 Å². The largest absolute Gasteiger partial charge is 0.481 e. The summed E-state index contributed by atoms with van der Waals surface area (Å²) in [7, 11) is 0. The van der Waals surface area contributed by atoms with Gasteiger partial charge in [0.2, 0.25) is 5.91 Å². The third-order valence-corrected chi connectivity index (χ3v) is 4.12. The number of carbonyl (C=O) groups is 2. The van der Waals surface area contributed by atoms with Gasteiger partial charge in [-0.3, -0.25) is 14.5 Å². The standard InChI is InChI=1S/C16H22N2O3.ClH/c1-3-18(14-7-5-4-6-8-14)15(19)12(2)17-10-9-13(11-17)16(20)21;/h4-8,12-13H,3,9-11H2,1-2H3,(H,20,21);1H. The van der Waals surface area contributed by atoms with Crippen molar-refractivity contribution in [2.75, 3.05) is 24.5 Å². The summed E-state index contributed by atoms with van der Waals surface area (Å²) < 4.78 is 0. The molecule has 1 aromatic rings. The summed E-state index contributed by atoms with van der Waals surface area (Å²) in [4.78, 5) is 27.4. The molecule has 1 aromatic carbocycles. The Morgan fingerprint density at radius 1 is 1.36 bits per heavy atom. The van der Waals surface area contributed by atoms with Crippen LogP contribution >= 0.6 is 12.4 Å². The first kappa shape index (κ1) is 18.5. The maximum Gasteiger partial charge on any atom is 0.307 e. The number of likely N-dealkylation sites (tertiary alicyclic amines) is 1. The third-order valence-electron chi connectivity index (χ3n) is 4.12. The molecule has 1 heterocycles. The van der Waals surface area contributed by atoms with Crippen molar-refractivity contribution in [1.82, 2.24) is 4.90 Å². The minimum Gasteiger partial charge on any atom is -0.481 e. The maximum atomic E-state index is 12.7. The molecule has 0 aliphatic carbocycles. The molecule has 122 valence electrons. The molecule has 2 rings (SSSR count). The van der Waals surface area contributed by atoms with Crippen LogP contribution in [0.25, 0.3) is 0 Å². The second kappa shape index (κ2) is 8.15. The number of carboxylic acids is 1. The van der Waals surface area contributed by atoms with Gasteiger partial charge in [0.25, 0.3) is 0 Å². The molecule has 6 heteroatoms. The highest BCUT2D eigenvalue weighted by molar-refractivity contribution is 5.96. The number of halogens is 1. The number of anilines is 1. The first-order valence-electron chi connectivity index (χ1n) is 7.37. The lowest BCUT2D eigenvalue weighted by Crippen LogP contribution is -2.46. The highest BCUT2D eigenvalue weighted by atomic mass is 35.5. The second-order valence-corrected chi connectivity index (χ2v) is 5.41. The molecule has 1 saturated heterocycles. The van der Waals surface area contributed by atoms with E-state index in [2.05, 4.69) is 0 Å². The van der Waals surface area contributed by atoms with E-state index in [0.29, 0.717) is 26.1 Å².